The summed E-state index contributed by atoms with van der Waals surface area (Å²) in [4.78, 5) is 9.27. The Kier molecular flexibility index (Phi) is 5.37. The lowest BCUT2D eigenvalue weighted by atomic mass is 9.84. The molecule has 0 aliphatic heterocycles. The van der Waals surface area contributed by atoms with Crippen LogP contribution in [0.15, 0.2) is 126 Å². The predicted octanol–water partition coefficient (Wildman–Crippen LogP) is 10.9. The summed E-state index contributed by atoms with van der Waals surface area (Å²) in [5.74, 6) is 0. The van der Waals surface area contributed by atoms with E-state index in [1.54, 1.807) is 12.1 Å². The smallest absolute Gasteiger partial charge is 0.144 e. The van der Waals surface area contributed by atoms with E-state index in [0.29, 0.717) is 33.7 Å². The van der Waals surface area contributed by atoms with Crippen molar-refractivity contribution in [2.75, 3.05) is 0 Å². The fraction of sp³-hybridized carbons (Fsp3) is 0.150. The average molecular weight is 564 g/mol. The van der Waals surface area contributed by atoms with Gasteiger partial charge in [-0.25, -0.2) is 9.97 Å². The minimum absolute atomic E-state index is 0.0334. The second kappa shape index (κ2) is 10.7. The van der Waals surface area contributed by atoms with Crippen LogP contribution in [0.5, 0.6) is 0 Å². The topological polar surface area (TPSA) is 38.9 Å². The number of fused-ring (bicyclic) bond motifs is 3. The lowest BCUT2D eigenvalue weighted by Gasteiger charge is -2.21. The van der Waals surface area contributed by atoms with E-state index in [9.17, 15) is 0 Å². The van der Waals surface area contributed by atoms with E-state index in [2.05, 4.69) is 34.2 Å². The molecule has 7 aromatic rings. The van der Waals surface area contributed by atoms with Crippen LogP contribution < -0.4 is 0 Å². The number of benzene rings is 5. The number of furan rings is 1. The van der Waals surface area contributed by atoms with Crippen molar-refractivity contribution in [1.29, 1.82) is 0 Å². The van der Waals surface area contributed by atoms with Crippen molar-refractivity contribution in [3.63, 3.8) is 0 Å². The molecule has 0 saturated carbocycles. The van der Waals surface area contributed by atoms with Crippen LogP contribution in [0.1, 0.15) is 38.8 Å². The number of hydrogen-bond acceptors (Lipinski definition) is 3. The summed E-state index contributed by atoms with van der Waals surface area (Å²) in [6.07, 6.45) is -0.372. The van der Waals surface area contributed by atoms with Crippen molar-refractivity contribution >= 4 is 21.9 Å². The predicted molar refractivity (Wildman–Crippen MR) is 179 cm³/mol. The maximum atomic E-state index is 9.04. The SMILES string of the molecule is [2H]C([2H])([2H])c1cc(C([2H])([2H])C(C)(C)C)cc(-c2ccccc2)c1-c1cc(-c2cccc3c2oc2c(-c4ccccc4)cccc23)ncn1. The van der Waals surface area contributed by atoms with Crippen LogP contribution in [0, 0.1) is 12.3 Å². The number of nitrogens with zero attached hydrogens (tertiary/aromatic N) is 2. The molecule has 0 unspecified atom stereocenters. The van der Waals surface area contributed by atoms with E-state index in [1.165, 1.54) is 12.4 Å². The van der Waals surface area contributed by atoms with Crippen molar-refractivity contribution < 1.29 is 11.3 Å². The van der Waals surface area contributed by atoms with Crippen LogP contribution >= 0.6 is 0 Å². The van der Waals surface area contributed by atoms with E-state index in [-0.39, 0.29) is 5.56 Å². The van der Waals surface area contributed by atoms with Gasteiger partial charge in [0.25, 0.3) is 0 Å². The van der Waals surface area contributed by atoms with Crippen molar-refractivity contribution in [2.24, 2.45) is 5.41 Å². The Labute approximate surface area is 259 Å². The summed E-state index contributed by atoms with van der Waals surface area (Å²) in [6, 6.07) is 36.7. The molecule has 0 spiro atoms. The Morgan fingerprint density at radius 1 is 0.651 bits per heavy atom. The second-order valence-electron chi connectivity index (χ2n) is 11.8. The van der Waals surface area contributed by atoms with Gasteiger partial charge in [0.05, 0.1) is 11.4 Å². The quantitative estimate of drug-likeness (QED) is 0.209. The number of aryl methyl sites for hydroxylation is 1. The molecular weight excluding hydrogens is 524 g/mol. The molecule has 3 heteroatoms. The van der Waals surface area contributed by atoms with E-state index < -0.39 is 18.6 Å². The van der Waals surface area contributed by atoms with Gasteiger partial charge in [0.2, 0.25) is 0 Å². The first kappa shape index (κ1) is 21.6. The highest BCUT2D eigenvalue weighted by Crippen LogP contribution is 2.41. The maximum Gasteiger partial charge on any atom is 0.144 e. The molecule has 43 heavy (non-hydrogen) atoms. The molecule has 2 heterocycles. The molecule has 0 aliphatic rings. The average Bonchev–Trinajstić information content (AvgIpc) is 3.47. The van der Waals surface area contributed by atoms with Crippen LogP contribution in [-0.4, -0.2) is 9.97 Å². The Balaban J connectivity index is 1.47. The van der Waals surface area contributed by atoms with Gasteiger partial charge >= 0.3 is 0 Å². The normalized spacial score (nSPS) is 14.2. The van der Waals surface area contributed by atoms with E-state index >= 15 is 0 Å². The zero-order chi connectivity index (χ0) is 33.8. The van der Waals surface area contributed by atoms with Crippen molar-refractivity contribution in [3.8, 4) is 44.8 Å². The number of para-hydroxylation sites is 2. The molecule has 0 atom stereocenters. The Morgan fingerprint density at radius 2 is 1.26 bits per heavy atom. The Hall–Kier alpha value is -5.02. The molecule has 5 aromatic carbocycles. The van der Waals surface area contributed by atoms with Gasteiger partial charge in [-0.05, 0) is 58.6 Å². The van der Waals surface area contributed by atoms with Crippen LogP contribution in [0.3, 0.4) is 0 Å². The lowest BCUT2D eigenvalue weighted by Crippen LogP contribution is -2.09. The first-order valence-electron chi connectivity index (χ1n) is 16.9. The standard InChI is InChI=1S/C40H34N2O/c1-26-21-27(24-40(2,3)4)22-34(29-15-9-6-10-16-29)37(26)36-23-35(41-25-42-36)33-20-12-19-32-31-18-11-17-30(38(31)43-39(32)33)28-13-7-5-8-14-28/h5-23,25H,24H2,1-4H3/i1D3,24D2. The highest BCUT2D eigenvalue weighted by Gasteiger charge is 2.20. The van der Waals surface area contributed by atoms with Crippen molar-refractivity contribution in [2.45, 2.75) is 34.0 Å². The number of aromatic nitrogens is 2. The highest BCUT2D eigenvalue weighted by molar-refractivity contribution is 6.12. The molecule has 0 saturated heterocycles. The lowest BCUT2D eigenvalue weighted by molar-refractivity contribution is 0.411. The molecule has 0 radical (unpaired) electrons. The largest absolute Gasteiger partial charge is 0.455 e. The molecule has 0 bridgehead atoms. The summed E-state index contributed by atoms with van der Waals surface area (Å²) in [5, 5.41) is 1.93. The van der Waals surface area contributed by atoms with Gasteiger partial charge in [-0.1, -0.05) is 124 Å². The molecule has 0 fully saturated rings. The summed E-state index contributed by atoms with van der Waals surface area (Å²) in [7, 11) is 0. The van der Waals surface area contributed by atoms with Crippen LogP contribution in [0.25, 0.3) is 66.7 Å². The van der Waals surface area contributed by atoms with Crippen molar-refractivity contribution in [1.82, 2.24) is 9.97 Å². The zero-order valence-corrected chi connectivity index (χ0v) is 24.3. The fourth-order valence-electron chi connectivity index (χ4n) is 5.78. The second-order valence-corrected chi connectivity index (χ2v) is 11.8. The molecule has 2 aromatic heterocycles. The minimum atomic E-state index is -2.56. The Morgan fingerprint density at radius 3 is 1.91 bits per heavy atom. The summed E-state index contributed by atoms with van der Waals surface area (Å²) < 4.78 is 50.5. The molecular formula is C40H34N2O. The van der Waals surface area contributed by atoms with Gasteiger partial charge in [-0.2, -0.15) is 0 Å². The van der Waals surface area contributed by atoms with Crippen molar-refractivity contribution in [3.05, 3.63) is 133 Å². The molecule has 3 nitrogen and oxygen atoms in total. The molecule has 0 aliphatic carbocycles. The highest BCUT2D eigenvalue weighted by atomic mass is 16.3. The van der Waals surface area contributed by atoms with Gasteiger partial charge in [-0.3, -0.25) is 0 Å². The molecule has 0 amide bonds. The van der Waals surface area contributed by atoms with E-state index in [1.807, 2.05) is 93.6 Å². The molecule has 210 valence electrons. The molecule has 0 N–H and O–H groups in total. The third-order valence-corrected chi connectivity index (χ3v) is 7.55. The van der Waals surface area contributed by atoms with Crippen LogP contribution in [-0.2, 0) is 6.37 Å². The van der Waals surface area contributed by atoms with Crippen LogP contribution in [0.2, 0.25) is 0 Å². The van der Waals surface area contributed by atoms with Gasteiger partial charge in [-0.15, -0.1) is 0 Å². The monoisotopic (exact) mass is 563 g/mol. The zero-order valence-electron chi connectivity index (χ0n) is 29.3. The summed E-state index contributed by atoms with van der Waals surface area (Å²) >= 11 is 0. The van der Waals surface area contributed by atoms with Gasteiger partial charge in [0, 0.05) is 34.3 Å². The maximum absolute atomic E-state index is 9.04. The third kappa shape index (κ3) is 5.12. The number of rotatable bonds is 5. The fourth-order valence-corrected chi connectivity index (χ4v) is 5.78. The van der Waals surface area contributed by atoms with Gasteiger partial charge in [0.15, 0.2) is 0 Å². The summed E-state index contributed by atoms with van der Waals surface area (Å²) in [6.45, 7) is 2.89. The first-order chi connectivity index (χ1) is 22.8. The van der Waals surface area contributed by atoms with Gasteiger partial charge < -0.3 is 4.42 Å². The first-order valence-corrected chi connectivity index (χ1v) is 14.4. The van der Waals surface area contributed by atoms with E-state index in [0.717, 1.165) is 38.6 Å². The van der Waals surface area contributed by atoms with Crippen LogP contribution in [0.4, 0.5) is 0 Å². The Bertz CT molecular complexity index is 2290. The van der Waals surface area contributed by atoms with E-state index in [4.69, 9.17) is 11.3 Å². The third-order valence-electron chi connectivity index (χ3n) is 7.55. The molecule has 7 rings (SSSR count). The minimum Gasteiger partial charge on any atom is -0.455 e. The summed E-state index contributed by atoms with van der Waals surface area (Å²) in [5.41, 5.74) is 6.57. The number of hydrogen-bond donors (Lipinski definition) is 0. The van der Waals surface area contributed by atoms with Gasteiger partial charge in [0.1, 0.15) is 17.5 Å².